The number of thioether (sulfide) groups is 1. The number of carbonyl (C=O) groups is 1. The zero-order chi connectivity index (χ0) is 17.0. The number of aromatic nitrogens is 4. The molecule has 0 fully saturated rings. The average Bonchev–Trinajstić information content (AvgIpc) is 2.95. The van der Waals surface area contributed by atoms with Crippen molar-refractivity contribution in [2.75, 3.05) is 11.1 Å². The van der Waals surface area contributed by atoms with E-state index in [1.54, 1.807) is 4.68 Å². The molecule has 1 amide bonds. The van der Waals surface area contributed by atoms with Gasteiger partial charge in [0.1, 0.15) is 0 Å². The fraction of sp³-hybridized carbons (Fsp3) is 0.333. The van der Waals surface area contributed by atoms with Crippen molar-refractivity contribution >= 4 is 40.6 Å². The van der Waals surface area contributed by atoms with Gasteiger partial charge in [0, 0.05) is 12.1 Å². The Labute approximate surface area is 140 Å². The standard InChI is InChI=1S/C12H13ClN6O3S/c1-7(2)18-12(15-16-17-18)23-6-11(20)14-10-4-3-8(19(21)22)5-9(10)13/h3-5,7H,6H2,1-2H3,(H,14,20). The molecule has 0 aliphatic heterocycles. The quantitative estimate of drug-likeness (QED) is 0.480. The van der Waals surface area contributed by atoms with Crippen LogP contribution in [0.5, 0.6) is 0 Å². The zero-order valence-electron chi connectivity index (χ0n) is 12.3. The van der Waals surface area contributed by atoms with E-state index in [-0.39, 0.29) is 28.4 Å². The molecule has 11 heteroatoms. The number of nitrogens with one attached hydrogen (secondary N) is 1. The number of hydrogen-bond donors (Lipinski definition) is 1. The van der Waals surface area contributed by atoms with Crippen molar-refractivity contribution in [3.8, 4) is 0 Å². The van der Waals surface area contributed by atoms with Crippen LogP contribution in [0.25, 0.3) is 0 Å². The van der Waals surface area contributed by atoms with Gasteiger partial charge in [0.25, 0.3) is 5.69 Å². The molecule has 0 bridgehead atoms. The summed E-state index contributed by atoms with van der Waals surface area (Å²) in [6.45, 7) is 3.86. The largest absolute Gasteiger partial charge is 0.324 e. The van der Waals surface area contributed by atoms with Crippen LogP contribution in [0.3, 0.4) is 0 Å². The van der Waals surface area contributed by atoms with Gasteiger partial charge in [-0.25, -0.2) is 4.68 Å². The molecule has 1 aromatic heterocycles. The number of hydrogen-bond acceptors (Lipinski definition) is 7. The predicted octanol–water partition coefficient (Wildman–Crippen LogP) is 2.55. The first-order valence-corrected chi connectivity index (χ1v) is 7.89. The predicted molar refractivity (Wildman–Crippen MR) is 85.7 cm³/mol. The second kappa shape index (κ2) is 7.38. The number of amides is 1. The molecule has 9 nitrogen and oxygen atoms in total. The van der Waals surface area contributed by atoms with E-state index in [0.717, 1.165) is 0 Å². The van der Waals surface area contributed by atoms with Gasteiger partial charge in [0.05, 0.1) is 27.4 Å². The number of nitro benzene ring substituents is 1. The number of nitrogens with zero attached hydrogens (tertiary/aromatic N) is 5. The number of halogens is 1. The Morgan fingerprint density at radius 2 is 2.26 bits per heavy atom. The lowest BCUT2D eigenvalue weighted by Crippen LogP contribution is -2.15. The van der Waals surface area contributed by atoms with E-state index in [0.29, 0.717) is 10.8 Å². The summed E-state index contributed by atoms with van der Waals surface area (Å²) in [4.78, 5) is 22.0. The van der Waals surface area contributed by atoms with Crippen LogP contribution >= 0.6 is 23.4 Å². The monoisotopic (exact) mass is 356 g/mol. The first-order valence-electron chi connectivity index (χ1n) is 6.53. The Morgan fingerprint density at radius 3 is 2.87 bits per heavy atom. The molecule has 2 aromatic rings. The minimum Gasteiger partial charge on any atom is -0.324 e. The van der Waals surface area contributed by atoms with Crippen LogP contribution in [-0.2, 0) is 4.79 Å². The fourth-order valence-electron chi connectivity index (χ4n) is 1.64. The second-order valence-electron chi connectivity index (χ2n) is 4.76. The van der Waals surface area contributed by atoms with Crippen molar-refractivity contribution in [3.63, 3.8) is 0 Å². The number of non-ortho nitro benzene ring substituents is 1. The highest BCUT2D eigenvalue weighted by molar-refractivity contribution is 7.99. The fourth-order valence-corrected chi connectivity index (χ4v) is 2.67. The molecule has 122 valence electrons. The van der Waals surface area contributed by atoms with Crippen LogP contribution in [0.15, 0.2) is 23.4 Å². The van der Waals surface area contributed by atoms with Gasteiger partial charge in [0.15, 0.2) is 0 Å². The van der Waals surface area contributed by atoms with Crippen LogP contribution in [0.4, 0.5) is 11.4 Å². The normalized spacial score (nSPS) is 10.8. The third kappa shape index (κ3) is 4.39. The maximum absolute atomic E-state index is 12.0. The van der Waals surface area contributed by atoms with Crippen molar-refractivity contribution in [2.45, 2.75) is 25.0 Å². The molecule has 0 radical (unpaired) electrons. The average molecular weight is 357 g/mol. The summed E-state index contributed by atoms with van der Waals surface area (Å²) in [7, 11) is 0. The molecule has 1 heterocycles. The molecule has 0 spiro atoms. The molecule has 1 aromatic carbocycles. The van der Waals surface area contributed by atoms with E-state index in [1.807, 2.05) is 13.8 Å². The summed E-state index contributed by atoms with van der Waals surface area (Å²) in [5.74, 6) is -0.232. The second-order valence-corrected chi connectivity index (χ2v) is 6.11. The van der Waals surface area contributed by atoms with Crippen LogP contribution in [0.1, 0.15) is 19.9 Å². The maximum atomic E-state index is 12.0. The number of carbonyl (C=O) groups excluding carboxylic acids is 1. The first kappa shape index (κ1) is 17.2. The topological polar surface area (TPSA) is 116 Å². The van der Waals surface area contributed by atoms with E-state index < -0.39 is 4.92 Å². The van der Waals surface area contributed by atoms with E-state index in [2.05, 4.69) is 20.8 Å². The van der Waals surface area contributed by atoms with E-state index in [9.17, 15) is 14.9 Å². The molecule has 0 saturated carbocycles. The van der Waals surface area contributed by atoms with Crippen molar-refractivity contribution in [3.05, 3.63) is 33.3 Å². The van der Waals surface area contributed by atoms with Crippen molar-refractivity contribution in [2.24, 2.45) is 0 Å². The lowest BCUT2D eigenvalue weighted by Gasteiger charge is -2.08. The number of tetrazole rings is 1. The summed E-state index contributed by atoms with van der Waals surface area (Å²) < 4.78 is 1.61. The van der Waals surface area contributed by atoms with Gasteiger partial charge >= 0.3 is 0 Å². The minimum absolute atomic E-state index is 0.0830. The van der Waals surface area contributed by atoms with Gasteiger partial charge in [0.2, 0.25) is 11.1 Å². The Kier molecular flexibility index (Phi) is 5.50. The third-order valence-electron chi connectivity index (χ3n) is 2.72. The van der Waals surface area contributed by atoms with Gasteiger partial charge in [-0.3, -0.25) is 14.9 Å². The van der Waals surface area contributed by atoms with E-state index in [1.165, 1.54) is 30.0 Å². The van der Waals surface area contributed by atoms with Crippen LogP contribution in [-0.4, -0.2) is 36.8 Å². The number of nitro groups is 1. The van der Waals surface area contributed by atoms with Gasteiger partial charge in [-0.2, -0.15) is 0 Å². The summed E-state index contributed by atoms with van der Waals surface area (Å²) in [5.41, 5.74) is 0.171. The molecule has 2 rings (SSSR count). The van der Waals surface area contributed by atoms with Crippen molar-refractivity contribution < 1.29 is 9.72 Å². The van der Waals surface area contributed by atoms with E-state index in [4.69, 9.17) is 11.6 Å². The summed E-state index contributed by atoms with van der Waals surface area (Å²) in [5, 5.41) is 25.1. The van der Waals surface area contributed by atoms with E-state index >= 15 is 0 Å². The van der Waals surface area contributed by atoms with Gasteiger partial charge in [-0.15, -0.1) is 5.10 Å². The summed E-state index contributed by atoms with van der Waals surface area (Å²) >= 11 is 7.11. The Hall–Kier alpha value is -2.20. The molecular weight excluding hydrogens is 344 g/mol. The molecular formula is C12H13ClN6O3S. The minimum atomic E-state index is -0.556. The molecule has 0 aliphatic rings. The van der Waals surface area contributed by atoms with Gasteiger partial charge in [-0.05, 0) is 30.3 Å². The Balaban J connectivity index is 1.97. The highest BCUT2D eigenvalue weighted by Crippen LogP contribution is 2.27. The number of anilines is 1. The van der Waals surface area contributed by atoms with Crippen LogP contribution in [0, 0.1) is 10.1 Å². The SMILES string of the molecule is CC(C)n1nnnc1SCC(=O)Nc1ccc([N+](=O)[O-])cc1Cl. The van der Waals surface area contributed by atoms with Gasteiger partial charge < -0.3 is 5.32 Å². The molecule has 0 unspecified atom stereocenters. The van der Waals surface area contributed by atoms with Crippen LogP contribution < -0.4 is 5.32 Å². The summed E-state index contributed by atoms with van der Waals surface area (Å²) in [6, 6.07) is 3.93. The maximum Gasteiger partial charge on any atom is 0.271 e. The molecule has 0 saturated heterocycles. The number of benzene rings is 1. The Morgan fingerprint density at radius 1 is 1.52 bits per heavy atom. The van der Waals surface area contributed by atoms with Gasteiger partial charge in [-0.1, -0.05) is 23.4 Å². The van der Waals surface area contributed by atoms with Crippen molar-refractivity contribution in [1.82, 2.24) is 20.2 Å². The smallest absolute Gasteiger partial charge is 0.271 e. The molecule has 0 atom stereocenters. The highest BCUT2D eigenvalue weighted by atomic mass is 35.5. The zero-order valence-corrected chi connectivity index (χ0v) is 13.8. The summed E-state index contributed by atoms with van der Waals surface area (Å²) in [6.07, 6.45) is 0. The third-order valence-corrected chi connectivity index (χ3v) is 3.97. The number of rotatable bonds is 6. The molecule has 0 aliphatic carbocycles. The first-order chi connectivity index (χ1) is 10.9. The lowest BCUT2D eigenvalue weighted by atomic mass is 10.3. The molecule has 23 heavy (non-hydrogen) atoms. The highest BCUT2D eigenvalue weighted by Gasteiger charge is 2.14. The lowest BCUT2D eigenvalue weighted by molar-refractivity contribution is -0.384. The van der Waals surface area contributed by atoms with Crippen LogP contribution in [0.2, 0.25) is 5.02 Å². The Bertz CT molecular complexity index is 735. The molecule has 1 N–H and O–H groups in total. The van der Waals surface area contributed by atoms with Crippen molar-refractivity contribution in [1.29, 1.82) is 0 Å².